The smallest absolute Gasteiger partial charge is 0.362 e. The Bertz CT molecular complexity index is 701. The number of ether oxygens (including phenoxy) is 1. The van der Waals surface area contributed by atoms with Gasteiger partial charge in [0, 0.05) is 11.0 Å². The van der Waals surface area contributed by atoms with Gasteiger partial charge in [-0.2, -0.15) is 0 Å². The van der Waals surface area contributed by atoms with Crippen molar-refractivity contribution >= 4 is 33.6 Å². The molecule has 0 bridgehead atoms. The zero-order chi connectivity index (χ0) is 16.1. The van der Waals surface area contributed by atoms with Crippen LogP contribution >= 0.6 is 15.9 Å². The Balaban J connectivity index is 1.95. The maximum absolute atomic E-state index is 11.9. The lowest BCUT2D eigenvalue weighted by molar-refractivity contribution is -0.122. The molecule has 3 N–H and O–H groups in total. The van der Waals surface area contributed by atoms with Crippen LogP contribution in [0.5, 0.6) is 0 Å². The molecule has 0 spiro atoms. The van der Waals surface area contributed by atoms with Crippen molar-refractivity contribution in [3.05, 3.63) is 40.0 Å². The van der Waals surface area contributed by atoms with E-state index in [1.165, 1.54) is 7.11 Å². The van der Waals surface area contributed by atoms with Crippen molar-refractivity contribution in [2.45, 2.75) is 13.1 Å². The Labute approximate surface area is 134 Å². The summed E-state index contributed by atoms with van der Waals surface area (Å²) in [5, 5.41) is 10.00. The summed E-state index contributed by atoms with van der Waals surface area (Å²) in [6.07, 6.45) is 0. The SMILES string of the molecule is COC(=O)c1nnn(CC(=O)NCc2cccc(Br)c2)c1N. The summed E-state index contributed by atoms with van der Waals surface area (Å²) in [6.45, 7) is 0.237. The molecule has 9 heteroatoms. The van der Waals surface area contributed by atoms with Crippen molar-refractivity contribution in [3.8, 4) is 0 Å². The number of rotatable bonds is 5. The molecule has 0 saturated carbocycles. The molecule has 2 rings (SSSR count). The van der Waals surface area contributed by atoms with Crippen molar-refractivity contribution in [2.24, 2.45) is 0 Å². The summed E-state index contributed by atoms with van der Waals surface area (Å²) in [5.74, 6) is -1.00. The van der Waals surface area contributed by atoms with E-state index in [9.17, 15) is 9.59 Å². The van der Waals surface area contributed by atoms with Crippen molar-refractivity contribution in [2.75, 3.05) is 12.8 Å². The number of anilines is 1. The highest BCUT2D eigenvalue weighted by molar-refractivity contribution is 9.10. The molecule has 8 nitrogen and oxygen atoms in total. The van der Waals surface area contributed by atoms with Gasteiger partial charge < -0.3 is 15.8 Å². The zero-order valence-electron chi connectivity index (χ0n) is 11.7. The molecule has 0 fully saturated rings. The summed E-state index contributed by atoms with van der Waals surface area (Å²) >= 11 is 3.36. The molecule has 0 unspecified atom stereocenters. The first kappa shape index (κ1) is 16.0. The first-order valence-electron chi connectivity index (χ1n) is 6.29. The predicted molar refractivity (Wildman–Crippen MR) is 81.8 cm³/mol. The normalized spacial score (nSPS) is 10.3. The fourth-order valence-corrected chi connectivity index (χ4v) is 2.17. The van der Waals surface area contributed by atoms with Crippen LogP contribution in [-0.2, 0) is 22.6 Å². The number of carbonyl (C=O) groups excluding carboxylic acids is 2. The third-order valence-electron chi connectivity index (χ3n) is 2.82. The molecule has 1 aromatic carbocycles. The topological polar surface area (TPSA) is 112 Å². The number of carbonyl (C=O) groups is 2. The number of nitrogens with zero attached hydrogens (tertiary/aromatic N) is 3. The van der Waals surface area contributed by atoms with E-state index < -0.39 is 5.97 Å². The Morgan fingerprint density at radius 3 is 2.91 bits per heavy atom. The minimum atomic E-state index is -0.696. The van der Waals surface area contributed by atoms with E-state index in [4.69, 9.17) is 5.73 Å². The molecule has 0 aliphatic carbocycles. The maximum atomic E-state index is 11.9. The molecule has 0 aliphatic heterocycles. The van der Waals surface area contributed by atoms with Gasteiger partial charge in [-0.05, 0) is 17.7 Å². The van der Waals surface area contributed by atoms with Gasteiger partial charge in [-0.25, -0.2) is 9.48 Å². The Morgan fingerprint density at radius 1 is 1.45 bits per heavy atom. The third-order valence-corrected chi connectivity index (χ3v) is 3.32. The van der Waals surface area contributed by atoms with Gasteiger partial charge in [0.05, 0.1) is 7.11 Å². The van der Waals surface area contributed by atoms with E-state index in [0.717, 1.165) is 14.7 Å². The predicted octanol–water partition coefficient (Wildman–Crippen LogP) is 0.726. The van der Waals surface area contributed by atoms with E-state index in [0.29, 0.717) is 6.54 Å². The number of aromatic nitrogens is 3. The Hall–Kier alpha value is -2.42. The molecular formula is C13H14BrN5O3. The summed E-state index contributed by atoms with van der Waals surface area (Å²) in [7, 11) is 1.21. The van der Waals surface area contributed by atoms with Gasteiger partial charge in [-0.15, -0.1) is 5.10 Å². The summed E-state index contributed by atoms with van der Waals surface area (Å²) < 4.78 is 6.59. The molecular weight excluding hydrogens is 354 g/mol. The minimum absolute atomic E-state index is 0.00976. The number of nitrogens with one attached hydrogen (secondary N) is 1. The molecule has 0 radical (unpaired) electrons. The monoisotopic (exact) mass is 367 g/mol. The quantitative estimate of drug-likeness (QED) is 0.753. The number of hydrogen-bond acceptors (Lipinski definition) is 6. The standard InChI is InChI=1S/C13H14BrN5O3/c1-22-13(21)11-12(15)19(18-17-11)7-10(20)16-6-8-3-2-4-9(14)5-8/h2-5H,6-7,15H2,1H3,(H,16,20). The number of hydrogen-bond donors (Lipinski definition) is 2. The second-order valence-electron chi connectivity index (χ2n) is 4.38. The van der Waals surface area contributed by atoms with E-state index >= 15 is 0 Å². The summed E-state index contributed by atoms with van der Waals surface area (Å²) in [6, 6.07) is 7.57. The van der Waals surface area contributed by atoms with Crippen molar-refractivity contribution in [3.63, 3.8) is 0 Å². The van der Waals surface area contributed by atoms with Crippen LogP contribution in [-0.4, -0.2) is 34.0 Å². The van der Waals surface area contributed by atoms with Crippen LogP contribution in [0.1, 0.15) is 16.1 Å². The molecule has 0 aliphatic rings. The molecule has 2 aromatic rings. The molecule has 0 saturated heterocycles. The molecule has 0 atom stereocenters. The average Bonchev–Trinajstić information content (AvgIpc) is 2.86. The number of amides is 1. The molecule has 116 valence electrons. The molecule has 1 aromatic heterocycles. The highest BCUT2D eigenvalue weighted by Gasteiger charge is 2.19. The van der Waals surface area contributed by atoms with Crippen LogP contribution in [0.25, 0.3) is 0 Å². The molecule has 1 amide bonds. The van der Waals surface area contributed by atoms with Gasteiger partial charge in [0.25, 0.3) is 0 Å². The highest BCUT2D eigenvalue weighted by atomic mass is 79.9. The first-order chi connectivity index (χ1) is 10.5. The number of esters is 1. The van der Waals surface area contributed by atoms with E-state index in [2.05, 4.69) is 36.3 Å². The number of nitrogens with two attached hydrogens (primary N) is 1. The maximum Gasteiger partial charge on any atom is 0.362 e. The molecule has 22 heavy (non-hydrogen) atoms. The van der Waals surface area contributed by atoms with Crippen LogP contribution in [0.3, 0.4) is 0 Å². The van der Waals surface area contributed by atoms with Crippen LogP contribution < -0.4 is 11.1 Å². The fourth-order valence-electron chi connectivity index (χ4n) is 1.72. The van der Waals surface area contributed by atoms with Crippen molar-refractivity contribution < 1.29 is 14.3 Å². The van der Waals surface area contributed by atoms with E-state index in [1.54, 1.807) is 0 Å². The van der Waals surface area contributed by atoms with Gasteiger partial charge >= 0.3 is 5.97 Å². The lowest BCUT2D eigenvalue weighted by Crippen LogP contribution is -2.28. The summed E-state index contributed by atoms with van der Waals surface area (Å²) in [4.78, 5) is 23.2. The number of nitrogen functional groups attached to an aromatic ring is 1. The Morgan fingerprint density at radius 2 is 2.23 bits per heavy atom. The van der Waals surface area contributed by atoms with Crippen LogP contribution in [0.15, 0.2) is 28.7 Å². The van der Waals surface area contributed by atoms with Crippen molar-refractivity contribution in [1.82, 2.24) is 20.3 Å². The lowest BCUT2D eigenvalue weighted by atomic mass is 10.2. The largest absolute Gasteiger partial charge is 0.464 e. The average molecular weight is 368 g/mol. The van der Waals surface area contributed by atoms with Gasteiger partial charge in [-0.1, -0.05) is 33.3 Å². The van der Waals surface area contributed by atoms with Crippen LogP contribution in [0.4, 0.5) is 5.82 Å². The van der Waals surface area contributed by atoms with Gasteiger partial charge in [0.2, 0.25) is 11.6 Å². The second kappa shape index (κ2) is 7.03. The number of methoxy groups -OCH3 is 1. The van der Waals surface area contributed by atoms with Gasteiger partial charge in [0.15, 0.2) is 5.82 Å². The van der Waals surface area contributed by atoms with E-state index in [1.807, 2.05) is 24.3 Å². The zero-order valence-corrected chi connectivity index (χ0v) is 13.3. The molecule has 1 heterocycles. The fraction of sp³-hybridized carbons (Fsp3) is 0.231. The lowest BCUT2D eigenvalue weighted by Gasteiger charge is -2.06. The second-order valence-corrected chi connectivity index (χ2v) is 5.29. The highest BCUT2D eigenvalue weighted by Crippen LogP contribution is 2.11. The van der Waals surface area contributed by atoms with Crippen molar-refractivity contribution in [1.29, 1.82) is 0 Å². The van der Waals surface area contributed by atoms with Gasteiger partial charge in [0.1, 0.15) is 6.54 Å². The van der Waals surface area contributed by atoms with E-state index in [-0.39, 0.29) is 24.0 Å². The van der Waals surface area contributed by atoms with Crippen LogP contribution in [0, 0.1) is 0 Å². The number of benzene rings is 1. The minimum Gasteiger partial charge on any atom is -0.464 e. The van der Waals surface area contributed by atoms with Gasteiger partial charge in [-0.3, -0.25) is 4.79 Å². The third kappa shape index (κ3) is 3.82. The Kier molecular flexibility index (Phi) is 5.10. The summed E-state index contributed by atoms with van der Waals surface area (Å²) in [5.41, 5.74) is 6.55. The first-order valence-corrected chi connectivity index (χ1v) is 7.09. The number of halogens is 1. The van der Waals surface area contributed by atoms with Crippen LogP contribution in [0.2, 0.25) is 0 Å².